The molecular formula is C32H39N3O7. The van der Waals surface area contributed by atoms with Crippen molar-refractivity contribution < 1.29 is 33.3 Å². The molecule has 0 unspecified atom stereocenters. The highest BCUT2D eigenvalue weighted by Crippen LogP contribution is 2.36. The van der Waals surface area contributed by atoms with Gasteiger partial charge in [0.15, 0.2) is 5.75 Å². The van der Waals surface area contributed by atoms with E-state index in [1.807, 2.05) is 19.1 Å². The Morgan fingerprint density at radius 3 is 2.26 bits per heavy atom. The lowest BCUT2D eigenvalue weighted by Gasteiger charge is -2.22. The van der Waals surface area contributed by atoms with E-state index in [4.69, 9.17) is 24.7 Å². The van der Waals surface area contributed by atoms with Crippen LogP contribution < -0.4 is 30.2 Å². The van der Waals surface area contributed by atoms with E-state index >= 15 is 0 Å². The molecule has 0 aliphatic carbocycles. The van der Waals surface area contributed by atoms with Crippen LogP contribution in [0.5, 0.6) is 17.2 Å². The van der Waals surface area contributed by atoms with Crippen LogP contribution in [0.15, 0.2) is 54.6 Å². The summed E-state index contributed by atoms with van der Waals surface area (Å²) < 4.78 is 22.1. The van der Waals surface area contributed by atoms with E-state index in [1.54, 1.807) is 58.2 Å². The molecule has 0 saturated carbocycles. The van der Waals surface area contributed by atoms with Gasteiger partial charge in [0, 0.05) is 13.6 Å². The predicted octanol–water partition coefficient (Wildman–Crippen LogP) is 5.40. The molecule has 0 spiro atoms. The highest BCUT2D eigenvalue weighted by molar-refractivity contribution is 6.16. The predicted molar refractivity (Wildman–Crippen MR) is 162 cm³/mol. The van der Waals surface area contributed by atoms with Crippen molar-refractivity contribution in [3.63, 3.8) is 0 Å². The number of benzene rings is 3. The second kappa shape index (κ2) is 13.8. The molecule has 0 radical (unpaired) electrons. The van der Waals surface area contributed by atoms with Gasteiger partial charge in [-0.3, -0.25) is 9.59 Å². The van der Waals surface area contributed by atoms with Gasteiger partial charge in [-0.2, -0.15) is 0 Å². The summed E-state index contributed by atoms with van der Waals surface area (Å²) in [6, 6.07) is 15.3. The Labute approximate surface area is 246 Å². The van der Waals surface area contributed by atoms with Crippen molar-refractivity contribution in [1.29, 1.82) is 0 Å². The number of aryl methyl sites for hydroxylation is 1. The topological polar surface area (TPSA) is 129 Å². The lowest BCUT2D eigenvalue weighted by molar-refractivity contribution is 0.0525. The van der Waals surface area contributed by atoms with Crippen molar-refractivity contribution in [2.75, 3.05) is 45.1 Å². The summed E-state index contributed by atoms with van der Waals surface area (Å²) in [6.45, 7) is 7.89. The van der Waals surface area contributed by atoms with Crippen LogP contribution in [-0.4, -0.2) is 57.8 Å². The van der Waals surface area contributed by atoms with Crippen LogP contribution >= 0.6 is 0 Å². The molecule has 3 rings (SSSR count). The zero-order chi connectivity index (χ0) is 31.0. The lowest BCUT2D eigenvalue weighted by atomic mass is 9.98. The molecule has 10 heteroatoms. The number of hydrogen-bond acceptors (Lipinski definition) is 8. The van der Waals surface area contributed by atoms with Crippen molar-refractivity contribution in [2.45, 2.75) is 39.7 Å². The fourth-order valence-electron chi connectivity index (χ4n) is 4.22. The number of rotatable bonds is 11. The smallest absolute Gasteiger partial charge is 0.407 e. The van der Waals surface area contributed by atoms with Crippen LogP contribution in [0.2, 0.25) is 0 Å². The number of carbonyl (C=O) groups excluding carboxylic acids is 3. The highest BCUT2D eigenvalue weighted by Gasteiger charge is 2.26. The van der Waals surface area contributed by atoms with E-state index < -0.39 is 17.6 Å². The molecular weight excluding hydrogens is 538 g/mol. The van der Waals surface area contributed by atoms with Gasteiger partial charge in [-0.05, 0) is 76.1 Å². The second-order valence-electron chi connectivity index (χ2n) is 10.6. The summed E-state index contributed by atoms with van der Waals surface area (Å²) in [5.41, 5.74) is 8.08. The SMILES string of the molecule is COc1cc(C)ccc1N(C)C(=O)c1ccc(C(=O)c2ccccc2OCCCNC(=O)OC(C)(C)C)c(OC)c1N. The molecule has 2 amide bonds. The van der Waals surface area contributed by atoms with E-state index in [9.17, 15) is 14.4 Å². The Morgan fingerprint density at radius 1 is 0.905 bits per heavy atom. The maximum Gasteiger partial charge on any atom is 0.407 e. The minimum atomic E-state index is -0.583. The van der Waals surface area contributed by atoms with Crippen molar-refractivity contribution >= 4 is 29.2 Å². The van der Waals surface area contributed by atoms with E-state index in [2.05, 4.69) is 5.32 Å². The monoisotopic (exact) mass is 577 g/mol. The summed E-state index contributed by atoms with van der Waals surface area (Å²) in [5.74, 6) is 0.225. The molecule has 10 nitrogen and oxygen atoms in total. The molecule has 42 heavy (non-hydrogen) atoms. The number of methoxy groups -OCH3 is 2. The molecule has 0 bridgehead atoms. The molecule has 0 aliphatic rings. The number of para-hydroxylation sites is 1. The third kappa shape index (κ3) is 7.72. The van der Waals surface area contributed by atoms with Crippen molar-refractivity contribution in [1.82, 2.24) is 5.32 Å². The first-order valence-electron chi connectivity index (χ1n) is 13.5. The molecule has 0 aliphatic heterocycles. The number of carbonyl (C=O) groups is 3. The van der Waals surface area contributed by atoms with Crippen LogP contribution in [0.25, 0.3) is 0 Å². The number of ketones is 1. The standard InChI is InChI=1S/C32H39N3O7/c1-20-13-16-24(26(19-20)39-6)35(5)30(37)22-14-15-23(29(40-7)27(22)33)28(36)21-11-8-9-12-25(21)41-18-10-17-34-31(38)42-32(2,3)4/h8-9,11-16,19H,10,17-18,33H2,1-7H3,(H,34,38). The van der Waals surface area contributed by atoms with Gasteiger partial charge in [0.2, 0.25) is 5.78 Å². The van der Waals surface area contributed by atoms with E-state index in [0.29, 0.717) is 35.7 Å². The Kier molecular flexibility index (Phi) is 10.4. The van der Waals surface area contributed by atoms with Crippen molar-refractivity contribution in [3.8, 4) is 17.2 Å². The summed E-state index contributed by atoms with van der Waals surface area (Å²) in [4.78, 5) is 40.4. The third-order valence-corrected chi connectivity index (χ3v) is 6.26. The van der Waals surface area contributed by atoms with Gasteiger partial charge >= 0.3 is 6.09 Å². The number of nitrogens with one attached hydrogen (secondary N) is 1. The molecule has 3 aromatic rings. The highest BCUT2D eigenvalue weighted by atomic mass is 16.6. The first kappa shape index (κ1) is 31.8. The Balaban J connectivity index is 1.78. The largest absolute Gasteiger partial charge is 0.495 e. The first-order valence-corrected chi connectivity index (χ1v) is 13.5. The summed E-state index contributed by atoms with van der Waals surface area (Å²) in [5, 5.41) is 2.67. The summed E-state index contributed by atoms with van der Waals surface area (Å²) >= 11 is 0. The van der Waals surface area contributed by atoms with Gasteiger partial charge in [0.1, 0.15) is 17.1 Å². The number of nitrogen functional groups attached to an aromatic ring is 1. The third-order valence-electron chi connectivity index (χ3n) is 6.26. The van der Waals surface area contributed by atoms with Gasteiger partial charge in [-0.25, -0.2) is 4.79 Å². The minimum Gasteiger partial charge on any atom is -0.495 e. The summed E-state index contributed by atoms with van der Waals surface area (Å²) in [6.07, 6.45) is -0.0115. The van der Waals surface area contributed by atoms with Crippen LogP contribution in [0.4, 0.5) is 16.2 Å². The number of anilines is 2. The lowest BCUT2D eigenvalue weighted by Crippen LogP contribution is -2.33. The molecule has 0 saturated heterocycles. The molecule has 0 fully saturated rings. The number of hydrogen-bond donors (Lipinski definition) is 2. The molecule has 3 N–H and O–H groups in total. The van der Waals surface area contributed by atoms with Gasteiger partial charge in [0.05, 0.1) is 48.9 Å². The van der Waals surface area contributed by atoms with Gasteiger partial charge in [-0.1, -0.05) is 18.2 Å². The average molecular weight is 578 g/mol. The van der Waals surface area contributed by atoms with E-state index in [-0.39, 0.29) is 35.0 Å². The number of nitrogens with zero attached hydrogens (tertiary/aromatic N) is 1. The number of nitrogens with two attached hydrogens (primary N) is 1. The maximum absolute atomic E-state index is 13.7. The van der Waals surface area contributed by atoms with Crippen LogP contribution in [0.3, 0.4) is 0 Å². The molecule has 0 atom stereocenters. The fourth-order valence-corrected chi connectivity index (χ4v) is 4.22. The Morgan fingerprint density at radius 2 is 1.60 bits per heavy atom. The molecule has 0 aromatic heterocycles. The Bertz CT molecular complexity index is 1450. The molecule has 3 aromatic carbocycles. The zero-order valence-corrected chi connectivity index (χ0v) is 25.2. The fraction of sp³-hybridized carbons (Fsp3) is 0.344. The average Bonchev–Trinajstić information content (AvgIpc) is 2.94. The molecule has 0 heterocycles. The van der Waals surface area contributed by atoms with Crippen molar-refractivity contribution in [3.05, 3.63) is 76.9 Å². The Hall–Kier alpha value is -4.73. The van der Waals surface area contributed by atoms with Crippen LogP contribution in [0, 0.1) is 6.92 Å². The first-order chi connectivity index (χ1) is 19.9. The zero-order valence-electron chi connectivity index (χ0n) is 25.2. The normalized spacial score (nSPS) is 10.9. The minimum absolute atomic E-state index is 0.0397. The van der Waals surface area contributed by atoms with E-state index in [0.717, 1.165) is 5.56 Å². The second-order valence-corrected chi connectivity index (χ2v) is 10.6. The van der Waals surface area contributed by atoms with Crippen molar-refractivity contribution in [2.24, 2.45) is 0 Å². The summed E-state index contributed by atoms with van der Waals surface area (Å²) in [7, 11) is 4.55. The quantitative estimate of drug-likeness (QED) is 0.176. The molecule has 224 valence electrons. The number of amides is 2. The van der Waals surface area contributed by atoms with Crippen LogP contribution in [-0.2, 0) is 4.74 Å². The van der Waals surface area contributed by atoms with Gasteiger partial charge in [-0.15, -0.1) is 0 Å². The van der Waals surface area contributed by atoms with E-state index in [1.165, 1.54) is 31.3 Å². The maximum atomic E-state index is 13.7. The number of ether oxygens (including phenoxy) is 4. The van der Waals surface area contributed by atoms with Crippen LogP contribution in [0.1, 0.15) is 59.0 Å². The van der Waals surface area contributed by atoms with Gasteiger partial charge in [0.25, 0.3) is 5.91 Å². The van der Waals surface area contributed by atoms with Gasteiger partial charge < -0.3 is 34.9 Å². The number of alkyl carbamates (subject to hydrolysis) is 1.